The smallest absolute Gasteiger partial charge is 0.241 e. The lowest BCUT2D eigenvalue weighted by atomic mass is 10.0. The summed E-state index contributed by atoms with van der Waals surface area (Å²) in [5, 5.41) is 2.78. The van der Waals surface area contributed by atoms with Crippen molar-refractivity contribution >= 4 is 21.4 Å². The van der Waals surface area contributed by atoms with E-state index in [-0.39, 0.29) is 4.90 Å². The predicted octanol–water partition coefficient (Wildman–Crippen LogP) is 2.67. The maximum atomic E-state index is 12.8. The largest absolute Gasteiger partial charge is 0.329 e. The first-order valence-corrected chi connectivity index (χ1v) is 10.1. The van der Waals surface area contributed by atoms with Crippen molar-refractivity contribution in [3.8, 4) is 10.6 Å². The third kappa shape index (κ3) is 3.47. The highest BCUT2D eigenvalue weighted by molar-refractivity contribution is 7.89. The average molecular weight is 351 g/mol. The van der Waals surface area contributed by atoms with Crippen LogP contribution in [0.3, 0.4) is 0 Å². The van der Waals surface area contributed by atoms with Crippen LogP contribution in [0.25, 0.3) is 10.6 Å². The van der Waals surface area contributed by atoms with Gasteiger partial charge < -0.3 is 5.73 Å². The van der Waals surface area contributed by atoms with Crippen molar-refractivity contribution < 1.29 is 8.42 Å². The molecular formula is C16H21N3O2S2. The molecule has 1 heterocycles. The predicted molar refractivity (Wildman–Crippen MR) is 92.9 cm³/mol. The maximum Gasteiger partial charge on any atom is 0.241 e. The van der Waals surface area contributed by atoms with Crippen LogP contribution in [0.15, 0.2) is 34.5 Å². The number of nitrogens with one attached hydrogen (secondary N) is 1. The maximum absolute atomic E-state index is 12.8. The van der Waals surface area contributed by atoms with Gasteiger partial charge in [-0.25, -0.2) is 18.1 Å². The Balaban J connectivity index is 1.91. The van der Waals surface area contributed by atoms with Crippen LogP contribution < -0.4 is 10.5 Å². The van der Waals surface area contributed by atoms with Crippen LogP contribution in [0.5, 0.6) is 0 Å². The zero-order valence-corrected chi connectivity index (χ0v) is 14.7. The minimum absolute atomic E-state index is 0.266. The molecule has 0 radical (unpaired) electrons. The Morgan fingerprint density at radius 1 is 1.35 bits per heavy atom. The first kappa shape index (κ1) is 16.6. The van der Waals surface area contributed by atoms with Gasteiger partial charge in [0.15, 0.2) is 0 Å². The molecule has 7 heteroatoms. The van der Waals surface area contributed by atoms with Crippen molar-refractivity contribution in [2.45, 2.75) is 43.0 Å². The molecule has 1 aliphatic rings. The van der Waals surface area contributed by atoms with Gasteiger partial charge in [0.2, 0.25) is 10.0 Å². The highest BCUT2D eigenvalue weighted by Crippen LogP contribution is 2.31. The van der Waals surface area contributed by atoms with Crippen LogP contribution in [-0.2, 0) is 10.0 Å². The SMILES string of the molecule is Cc1csc(-c2cccc(S(=O)(=O)NC3(CN)CCCC3)c2)n1. The normalized spacial score (nSPS) is 17.5. The summed E-state index contributed by atoms with van der Waals surface area (Å²) in [5.41, 5.74) is 7.10. The molecule has 1 saturated carbocycles. The van der Waals surface area contributed by atoms with Crippen LogP contribution in [0.4, 0.5) is 0 Å². The summed E-state index contributed by atoms with van der Waals surface area (Å²) in [7, 11) is -3.59. The lowest BCUT2D eigenvalue weighted by molar-refractivity contribution is 0.399. The molecule has 0 aliphatic heterocycles. The van der Waals surface area contributed by atoms with Gasteiger partial charge in [-0.05, 0) is 31.9 Å². The van der Waals surface area contributed by atoms with Gasteiger partial charge in [-0.15, -0.1) is 11.3 Å². The molecule has 1 aromatic carbocycles. The molecule has 0 spiro atoms. The third-order valence-electron chi connectivity index (χ3n) is 4.31. The van der Waals surface area contributed by atoms with Crippen molar-refractivity contribution in [1.82, 2.24) is 9.71 Å². The van der Waals surface area contributed by atoms with Crippen molar-refractivity contribution in [3.05, 3.63) is 35.3 Å². The Labute approximate surface area is 141 Å². The summed E-state index contributed by atoms with van der Waals surface area (Å²) in [6.07, 6.45) is 3.62. The van der Waals surface area contributed by atoms with E-state index >= 15 is 0 Å². The highest BCUT2D eigenvalue weighted by atomic mass is 32.2. The molecule has 5 nitrogen and oxygen atoms in total. The number of thiazole rings is 1. The molecule has 23 heavy (non-hydrogen) atoms. The quantitative estimate of drug-likeness (QED) is 0.867. The Bertz CT molecular complexity index is 793. The number of rotatable bonds is 5. The van der Waals surface area contributed by atoms with Gasteiger partial charge in [-0.1, -0.05) is 25.0 Å². The highest BCUT2D eigenvalue weighted by Gasteiger charge is 2.36. The third-order valence-corrected chi connectivity index (χ3v) is 6.90. The zero-order valence-electron chi connectivity index (χ0n) is 13.1. The first-order valence-electron chi connectivity index (χ1n) is 7.71. The van der Waals surface area contributed by atoms with E-state index in [1.807, 2.05) is 18.4 Å². The van der Waals surface area contributed by atoms with E-state index in [2.05, 4.69) is 9.71 Å². The van der Waals surface area contributed by atoms with Crippen molar-refractivity contribution in [2.24, 2.45) is 5.73 Å². The van der Waals surface area contributed by atoms with Crippen LogP contribution in [0, 0.1) is 6.92 Å². The molecule has 0 unspecified atom stereocenters. The molecule has 124 valence electrons. The summed E-state index contributed by atoms with van der Waals surface area (Å²) < 4.78 is 28.4. The number of nitrogens with two attached hydrogens (primary N) is 1. The molecule has 0 saturated heterocycles. The number of benzene rings is 1. The fraction of sp³-hybridized carbons (Fsp3) is 0.438. The van der Waals surface area contributed by atoms with Crippen molar-refractivity contribution in [1.29, 1.82) is 0 Å². The molecule has 0 amide bonds. The monoisotopic (exact) mass is 351 g/mol. The molecule has 1 aliphatic carbocycles. The van der Waals surface area contributed by atoms with Gasteiger partial charge in [0.05, 0.1) is 4.90 Å². The van der Waals surface area contributed by atoms with E-state index < -0.39 is 15.6 Å². The summed E-state index contributed by atoms with van der Waals surface area (Å²) in [4.78, 5) is 4.69. The van der Waals surface area contributed by atoms with E-state index in [0.29, 0.717) is 6.54 Å². The second-order valence-electron chi connectivity index (χ2n) is 6.12. The van der Waals surface area contributed by atoms with Gasteiger partial charge in [0.1, 0.15) is 5.01 Å². The lowest BCUT2D eigenvalue weighted by Crippen LogP contribution is -2.51. The molecule has 2 aromatic rings. The average Bonchev–Trinajstić information content (AvgIpc) is 3.17. The van der Waals surface area contributed by atoms with Crippen LogP contribution in [0.2, 0.25) is 0 Å². The van der Waals surface area contributed by atoms with Crippen molar-refractivity contribution in [3.63, 3.8) is 0 Å². The van der Waals surface area contributed by atoms with Crippen LogP contribution in [0.1, 0.15) is 31.4 Å². The Hall–Kier alpha value is -1.28. The van der Waals surface area contributed by atoms with Gasteiger partial charge in [0, 0.05) is 28.7 Å². The number of hydrogen-bond donors (Lipinski definition) is 2. The van der Waals surface area contributed by atoms with E-state index in [1.54, 1.807) is 18.2 Å². The molecule has 0 bridgehead atoms. The minimum Gasteiger partial charge on any atom is -0.329 e. The summed E-state index contributed by atoms with van der Waals surface area (Å²) in [5.74, 6) is 0. The number of nitrogens with zero attached hydrogens (tertiary/aromatic N) is 1. The summed E-state index contributed by atoms with van der Waals surface area (Å²) in [6.45, 7) is 2.25. The van der Waals surface area contributed by atoms with Crippen molar-refractivity contribution in [2.75, 3.05) is 6.54 Å². The number of sulfonamides is 1. The van der Waals surface area contributed by atoms with Gasteiger partial charge >= 0.3 is 0 Å². The number of aromatic nitrogens is 1. The second kappa shape index (κ2) is 6.32. The van der Waals surface area contributed by atoms with E-state index in [0.717, 1.165) is 41.9 Å². The Morgan fingerprint density at radius 2 is 2.09 bits per heavy atom. The molecule has 3 N–H and O–H groups in total. The Morgan fingerprint density at radius 3 is 2.70 bits per heavy atom. The summed E-state index contributed by atoms with van der Waals surface area (Å²) in [6, 6.07) is 6.93. The molecule has 0 atom stereocenters. The van der Waals surface area contributed by atoms with Crippen LogP contribution >= 0.6 is 11.3 Å². The second-order valence-corrected chi connectivity index (χ2v) is 8.66. The van der Waals surface area contributed by atoms with E-state index in [9.17, 15) is 8.42 Å². The Kier molecular flexibility index (Phi) is 4.55. The molecular weight excluding hydrogens is 330 g/mol. The zero-order chi connectivity index (χ0) is 16.5. The molecule has 1 fully saturated rings. The van der Waals surface area contributed by atoms with E-state index in [4.69, 9.17) is 5.73 Å². The lowest BCUT2D eigenvalue weighted by Gasteiger charge is -2.28. The van der Waals surface area contributed by atoms with Gasteiger partial charge in [-0.3, -0.25) is 0 Å². The molecule has 1 aromatic heterocycles. The van der Waals surface area contributed by atoms with Gasteiger partial charge in [-0.2, -0.15) is 0 Å². The topological polar surface area (TPSA) is 85.1 Å². The van der Waals surface area contributed by atoms with Crippen LogP contribution in [-0.4, -0.2) is 25.5 Å². The minimum atomic E-state index is -3.59. The fourth-order valence-corrected chi connectivity index (χ4v) is 5.34. The standard InChI is InChI=1S/C16H21N3O2S2/c1-12-10-22-15(18-12)13-5-4-6-14(9-13)23(20,21)19-16(11-17)7-2-3-8-16/h4-6,9-10,19H,2-3,7-8,11,17H2,1H3. The van der Waals surface area contributed by atoms with E-state index in [1.165, 1.54) is 11.3 Å². The first-order chi connectivity index (χ1) is 10.9. The fourth-order valence-electron chi connectivity index (χ4n) is 3.03. The number of hydrogen-bond acceptors (Lipinski definition) is 5. The molecule has 3 rings (SSSR count). The summed E-state index contributed by atoms with van der Waals surface area (Å²) >= 11 is 1.51. The van der Waals surface area contributed by atoms with Gasteiger partial charge in [0.25, 0.3) is 0 Å². The number of aryl methyl sites for hydroxylation is 1.